The zero-order valence-corrected chi connectivity index (χ0v) is 20.6. The van der Waals surface area contributed by atoms with Crippen LogP contribution in [0.15, 0.2) is 47.4 Å². The summed E-state index contributed by atoms with van der Waals surface area (Å²) in [7, 11) is -2.59. The molecule has 0 N–H and O–H groups in total. The van der Waals surface area contributed by atoms with Crippen molar-refractivity contribution in [3.05, 3.63) is 53.8 Å². The Morgan fingerprint density at radius 1 is 1.12 bits per heavy atom. The van der Waals surface area contributed by atoms with Crippen molar-refractivity contribution in [3.8, 4) is 11.1 Å². The van der Waals surface area contributed by atoms with Crippen LogP contribution in [0.1, 0.15) is 31.2 Å². The van der Waals surface area contributed by atoms with Crippen LogP contribution in [0.25, 0.3) is 11.1 Å². The number of nitrogens with zero attached hydrogens (tertiary/aromatic N) is 2. The minimum Gasteiger partial charge on any atom is -0.341 e. The fourth-order valence-corrected chi connectivity index (χ4v) is 7.89. The van der Waals surface area contributed by atoms with Crippen LogP contribution < -0.4 is 0 Å². The number of rotatable bonds is 5. The second kappa shape index (κ2) is 9.54. The van der Waals surface area contributed by atoms with Crippen molar-refractivity contribution < 1.29 is 26.4 Å². The number of benzene rings is 2. The number of carbonyl (C=O) groups is 1. The van der Waals surface area contributed by atoms with Crippen LogP contribution >= 0.6 is 11.8 Å². The van der Waals surface area contributed by atoms with Crippen LogP contribution in [0.4, 0.5) is 13.2 Å². The first kappa shape index (κ1) is 25.1. The molecule has 34 heavy (non-hydrogen) atoms. The minimum absolute atomic E-state index is 0.0662. The fourth-order valence-electron chi connectivity index (χ4n) is 4.57. The lowest BCUT2D eigenvalue weighted by molar-refractivity contribution is -0.137. The van der Waals surface area contributed by atoms with Gasteiger partial charge in [-0.1, -0.05) is 29.8 Å². The number of halogens is 3. The molecule has 1 aliphatic carbocycles. The lowest BCUT2D eigenvalue weighted by Crippen LogP contribution is -2.51. The molecule has 1 saturated heterocycles. The Hall–Kier alpha value is -2.04. The van der Waals surface area contributed by atoms with E-state index in [4.69, 9.17) is 0 Å². The van der Waals surface area contributed by atoms with Crippen molar-refractivity contribution in [2.24, 2.45) is 0 Å². The highest BCUT2D eigenvalue weighted by Gasteiger charge is 2.44. The smallest absolute Gasteiger partial charge is 0.248 e. The van der Waals surface area contributed by atoms with Crippen LogP contribution in [0, 0.1) is 12.7 Å². The highest BCUT2D eigenvalue weighted by Crippen LogP contribution is 2.38. The number of thioether (sulfide) groups is 1. The number of alkyl halides is 2. The summed E-state index contributed by atoms with van der Waals surface area (Å²) in [6.07, 6.45) is -0.216. The average molecular weight is 513 g/mol. The van der Waals surface area contributed by atoms with Crippen LogP contribution in [-0.4, -0.2) is 60.2 Å². The third-order valence-corrected chi connectivity index (χ3v) is 9.68. The molecule has 1 saturated carbocycles. The summed E-state index contributed by atoms with van der Waals surface area (Å²) < 4.78 is 70.4. The molecule has 5 nitrogen and oxygen atoms in total. The highest BCUT2D eigenvalue weighted by atomic mass is 32.2. The van der Waals surface area contributed by atoms with E-state index < -0.39 is 33.7 Å². The van der Waals surface area contributed by atoms with Crippen molar-refractivity contribution in [2.45, 2.75) is 55.5 Å². The van der Waals surface area contributed by atoms with Gasteiger partial charge < -0.3 is 4.90 Å². The zero-order valence-electron chi connectivity index (χ0n) is 19.0. The quantitative estimate of drug-likeness (QED) is 0.572. The Morgan fingerprint density at radius 2 is 1.79 bits per heavy atom. The van der Waals surface area contributed by atoms with Crippen molar-refractivity contribution in [2.75, 3.05) is 18.7 Å². The van der Waals surface area contributed by atoms with Gasteiger partial charge in [0.1, 0.15) is 11.9 Å². The molecule has 2 aromatic carbocycles. The summed E-state index contributed by atoms with van der Waals surface area (Å²) >= 11 is 1.32. The van der Waals surface area contributed by atoms with Gasteiger partial charge in [-0.05, 0) is 38.0 Å². The van der Waals surface area contributed by atoms with E-state index in [9.17, 15) is 26.4 Å². The first-order valence-corrected chi connectivity index (χ1v) is 13.7. The van der Waals surface area contributed by atoms with E-state index in [0.29, 0.717) is 0 Å². The molecular weight excluding hydrogens is 485 g/mol. The molecule has 0 aromatic heterocycles. The Labute approximate surface area is 202 Å². The molecule has 0 unspecified atom stereocenters. The van der Waals surface area contributed by atoms with Gasteiger partial charge in [0.15, 0.2) is 0 Å². The van der Waals surface area contributed by atoms with Crippen LogP contribution in [0.3, 0.4) is 0 Å². The molecule has 184 valence electrons. The Balaban J connectivity index is 1.64. The number of likely N-dealkylation sites (N-methyl/N-ethyl adjacent to an activating group) is 1. The predicted molar refractivity (Wildman–Crippen MR) is 127 cm³/mol. The molecule has 2 aliphatic rings. The molecule has 1 atom stereocenters. The molecule has 4 rings (SSSR count). The number of aryl methyl sites for hydroxylation is 1. The van der Waals surface area contributed by atoms with Crippen molar-refractivity contribution in [1.29, 1.82) is 0 Å². The van der Waals surface area contributed by atoms with Gasteiger partial charge in [-0.25, -0.2) is 21.6 Å². The number of sulfonamides is 1. The number of hydrogen-bond donors (Lipinski definition) is 0. The molecular formula is C24H27F3N2O3S2. The molecule has 0 spiro atoms. The minimum atomic E-state index is -4.15. The topological polar surface area (TPSA) is 57.7 Å². The molecule has 1 amide bonds. The van der Waals surface area contributed by atoms with E-state index >= 15 is 0 Å². The SMILES string of the molecule is Cc1ccc(S(=O)(=O)N2CSC[C@H]2C(=O)N(C)C2CCC(F)(F)CC2)c(-c2ccccc2F)c1. The maximum absolute atomic E-state index is 14.6. The second-order valence-corrected chi connectivity index (χ2v) is 11.8. The molecule has 1 aliphatic heterocycles. The average Bonchev–Trinajstić information content (AvgIpc) is 3.29. The van der Waals surface area contributed by atoms with Crippen molar-refractivity contribution in [1.82, 2.24) is 9.21 Å². The normalized spacial score (nSPS) is 21.5. The molecule has 2 aromatic rings. The standard InChI is InChI=1S/C24H27F3N2O3S2/c1-16-7-8-22(19(13-16)18-5-3-4-6-20(18)25)34(31,32)29-15-33-14-21(29)23(30)28(2)17-9-11-24(26,27)12-10-17/h3-8,13,17,21H,9-12,14-15H2,1-2H3/t21-/m0/s1. The Kier molecular flexibility index (Phi) is 7.04. The highest BCUT2D eigenvalue weighted by molar-refractivity contribution is 8.00. The van der Waals surface area contributed by atoms with Gasteiger partial charge in [0.25, 0.3) is 0 Å². The number of hydrogen-bond acceptors (Lipinski definition) is 4. The summed E-state index contributed by atoms with van der Waals surface area (Å²) in [5.74, 6) is -3.30. The Morgan fingerprint density at radius 3 is 2.47 bits per heavy atom. The van der Waals surface area contributed by atoms with E-state index in [0.717, 1.165) is 9.87 Å². The molecule has 2 fully saturated rings. The van der Waals surface area contributed by atoms with Crippen molar-refractivity contribution in [3.63, 3.8) is 0 Å². The number of amides is 1. The largest absolute Gasteiger partial charge is 0.341 e. The first-order valence-electron chi connectivity index (χ1n) is 11.1. The number of carbonyl (C=O) groups excluding carboxylic acids is 1. The lowest BCUT2D eigenvalue weighted by Gasteiger charge is -2.36. The maximum Gasteiger partial charge on any atom is 0.248 e. The van der Waals surface area contributed by atoms with Gasteiger partial charge >= 0.3 is 0 Å². The molecule has 0 bridgehead atoms. The van der Waals surface area contributed by atoms with E-state index in [1.54, 1.807) is 32.2 Å². The van der Waals surface area contributed by atoms with Crippen LogP contribution in [-0.2, 0) is 14.8 Å². The summed E-state index contributed by atoms with van der Waals surface area (Å²) in [5, 5.41) is 0. The molecule has 10 heteroatoms. The summed E-state index contributed by atoms with van der Waals surface area (Å²) in [5.41, 5.74) is 1.18. The first-order chi connectivity index (χ1) is 16.0. The van der Waals surface area contributed by atoms with Crippen LogP contribution in [0.2, 0.25) is 0 Å². The van der Waals surface area contributed by atoms with E-state index in [1.807, 2.05) is 0 Å². The monoisotopic (exact) mass is 512 g/mol. The fraction of sp³-hybridized carbons (Fsp3) is 0.458. The Bertz CT molecular complexity index is 1180. The van der Waals surface area contributed by atoms with Gasteiger partial charge in [0, 0.05) is 42.8 Å². The zero-order chi connectivity index (χ0) is 24.7. The summed E-state index contributed by atoms with van der Waals surface area (Å²) in [6, 6.07) is 9.39. The summed E-state index contributed by atoms with van der Waals surface area (Å²) in [6.45, 7) is 1.79. The molecule has 0 radical (unpaired) electrons. The van der Waals surface area contributed by atoms with E-state index in [-0.39, 0.29) is 59.4 Å². The van der Waals surface area contributed by atoms with Crippen molar-refractivity contribution >= 4 is 27.7 Å². The van der Waals surface area contributed by atoms with Gasteiger partial charge in [-0.3, -0.25) is 4.79 Å². The van der Waals surface area contributed by atoms with Gasteiger partial charge in [-0.15, -0.1) is 11.8 Å². The van der Waals surface area contributed by atoms with Gasteiger partial charge in [0.05, 0.1) is 10.8 Å². The second-order valence-electron chi connectivity index (χ2n) is 8.92. The van der Waals surface area contributed by atoms with Gasteiger partial charge in [0.2, 0.25) is 21.9 Å². The maximum atomic E-state index is 14.6. The summed E-state index contributed by atoms with van der Waals surface area (Å²) in [4.78, 5) is 14.7. The predicted octanol–water partition coefficient (Wildman–Crippen LogP) is 4.90. The van der Waals surface area contributed by atoms with Crippen LogP contribution in [0.5, 0.6) is 0 Å². The van der Waals surface area contributed by atoms with E-state index in [2.05, 4.69) is 0 Å². The lowest BCUT2D eigenvalue weighted by atomic mass is 9.91. The molecule has 1 heterocycles. The van der Waals surface area contributed by atoms with E-state index in [1.165, 1.54) is 40.9 Å². The third-order valence-electron chi connectivity index (χ3n) is 6.59. The van der Waals surface area contributed by atoms with Gasteiger partial charge in [-0.2, -0.15) is 4.31 Å². The third kappa shape index (κ3) is 4.85.